The summed E-state index contributed by atoms with van der Waals surface area (Å²) in [5, 5.41) is 10.0. The summed E-state index contributed by atoms with van der Waals surface area (Å²) in [6.45, 7) is 2.13. The maximum atomic E-state index is 12.9. The molecule has 0 radical (unpaired) electrons. The molecule has 0 atom stereocenters. The lowest BCUT2D eigenvalue weighted by atomic mass is 9.69. The third-order valence-electron chi connectivity index (χ3n) is 2.88. The normalized spacial score (nSPS) is 31.2. The fraction of sp³-hybridized carbons (Fsp3) is 0.500. The lowest BCUT2D eigenvalue weighted by molar-refractivity contribution is -0.0666. The van der Waals surface area contributed by atoms with Gasteiger partial charge >= 0.3 is 0 Å². The van der Waals surface area contributed by atoms with Crippen LogP contribution in [-0.4, -0.2) is 10.7 Å². The van der Waals surface area contributed by atoms with Gasteiger partial charge < -0.3 is 5.11 Å². The van der Waals surface area contributed by atoms with Gasteiger partial charge in [0.2, 0.25) is 0 Å². The highest BCUT2D eigenvalue weighted by atomic mass is 19.1. The van der Waals surface area contributed by atoms with E-state index in [-0.39, 0.29) is 5.82 Å². The highest BCUT2D eigenvalue weighted by Crippen LogP contribution is 2.39. The molecule has 1 aromatic rings. The number of benzene rings is 1. The van der Waals surface area contributed by atoms with Crippen LogP contribution >= 0.6 is 0 Å². The Bertz CT molecular complexity index is 329. The van der Waals surface area contributed by atoms with E-state index in [1.165, 1.54) is 12.1 Å². The fourth-order valence-electron chi connectivity index (χ4n) is 2.41. The van der Waals surface area contributed by atoms with Crippen molar-refractivity contribution in [2.75, 3.05) is 0 Å². The molecule has 1 aliphatic carbocycles. The van der Waals surface area contributed by atoms with Crippen molar-refractivity contribution >= 4 is 0 Å². The Labute approximate surface area is 83.6 Å². The van der Waals surface area contributed by atoms with Crippen molar-refractivity contribution in [3.63, 3.8) is 0 Å². The maximum absolute atomic E-state index is 12.9. The first kappa shape index (κ1) is 9.66. The molecule has 0 spiro atoms. The summed E-state index contributed by atoms with van der Waals surface area (Å²) in [6.07, 6.45) is 2.25. The Morgan fingerprint density at radius 3 is 2.79 bits per heavy atom. The van der Waals surface area contributed by atoms with Crippen LogP contribution in [-0.2, 0) is 6.42 Å². The zero-order valence-electron chi connectivity index (χ0n) is 8.33. The van der Waals surface area contributed by atoms with E-state index in [1.807, 2.05) is 6.07 Å². The summed E-state index contributed by atoms with van der Waals surface area (Å²) in [6, 6.07) is 6.48. The Hall–Kier alpha value is -0.890. The predicted octanol–water partition coefficient (Wildman–Crippen LogP) is 2.53. The van der Waals surface area contributed by atoms with E-state index >= 15 is 0 Å². The van der Waals surface area contributed by atoms with Crippen LogP contribution in [0.15, 0.2) is 24.3 Å². The highest BCUT2D eigenvalue weighted by Gasteiger charge is 2.39. The summed E-state index contributed by atoms with van der Waals surface area (Å²) < 4.78 is 12.9. The van der Waals surface area contributed by atoms with Crippen molar-refractivity contribution < 1.29 is 9.50 Å². The van der Waals surface area contributed by atoms with E-state index < -0.39 is 5.60 Å². The molecule has 2 heteroatoms. The molecule has 0 aromatic heterocycles. The van der Waals surface area contributed by atoms with E-state index in [1.54, 1.807) is 6.07 Å². The quantitative estimate of drug-likeness (QED) is 0.767. The van der Waals surface area contributed by atoms with E-state index in [0.717, 1.165) is 18.4 Å². The van der Waals surface area contributed by atoms with Crippen LogP contribution < -0.4 is 0 Å². The largest absolute Gasteiger partial charge is 0.390 e. The van der Waals surface area contributed by atoms with Gasteiger partial charge in [-0.15, -0.1) is 0 Å². The molecule has 0 aliphatic heterocycles. The van der Waals surface area contributed by atoms with E-state index in [9.17, 15) is 9.50 Å². The van der Waals surface area contributed by atoms with Gasteiger partial charge in [0.05, 0.1) is 5.60 Å². The predicted molar refractivity (Wildman–Crippen MR) is 53.5 cm³/mol. The van der Waals surface area contributed by atoms with Gasteiger partial charge in [0, 0.05) is 6.42 Å². The van der Waals surface area contributed by atoms with Gasteiger partial charge in [-0.3, -0.25) is 0 Å². The number of hydrogen-bond acceptors (Lipinski definition) is 1. The van der Waals surface area contributed by atoms with E-state index in [4.69, 9.17) is 0 Å². The van der Waals surface area contributed by atoms with Crippen molar-refractivity contribution in [1.82, 2.24) is 0 Å². The van der Waals surface area contributed by atoms with Gasteiger partial charge in [-0.1, -0.05) is 19.1 Å². The zero-order valence-corrected chi connectivity index (χ0v) is 8.33. The average Bonchev–Trinajstić information content (AvgIpc) is 2.00. The fourth-order valence-corrected chi connectivity index (χ4v) is 2.41. The van der Waals surface area contributed by atoms with E-state index in [2.05, 4.69) is 6.92 Å². The molecule has 0 amide bonds. The number of aliphatic hydroxyl groups is 1. The Kier molecular flexibility index (Phi) is 2.31. The van der Waals surface area contributed by atoms with E-state index in [0.29, 0.717) is 12.3 Å². The van der Waals surface area contributed by atoms with Crippen LogP contribution in [0.25, 0.3) is 0 Å². The Morgan fingerprint density at radius 1 is 1.50 bits per heavy atom. The summed E-state index contributed by atoms with van der Waals surface area (Å²) in [4.78, 5) is 0. The smallest absolute Gasteiger partial charge is 0.123 e. The van der Waals surface area contributed by atoms with Crippen molar-refractivity contribution in [2.24, 2.45) is 5.92 Å². The molecule has 2 rings (SSSR count). The van der Waals surface area contributed by atoms with Crippen LogP contribution in [0.1, 0.15) is 25.3 Å². The molecule has 1 nitrogen and oxygen atoms in total. The third kappa shape index (κ3) is 1.95. The number of hydrogen-bond donors (Lipinski definition) is 1. The molecule has 0 heterocycles. The summed E-state index contributed by atoms with van der Waals surface area (Å²) in [5.74, 6) is 0.382. The van der Waals surface area contributed by atoms with Gasteiger partial charge in [-0.25, -0.2) is 4.39 Å². The van der Waals surface area contributed by atoms with Gasteiger partial charge in [-0.2, -0.15) is 0 Å². The number of rotatable bonds is 2. The number of halogens is 1. The molecule has 76 valence electrons. The van der Waals surface area contributed by atoms with Gasteiger partial charge in [0.15, 0.2) is 0 Å². The first-order valence-electron chi connectivity index (χ1n) is 5.04. The third-order valence-corrected chi connectivity index (χ3v) is 2.88. The van der Waals surface area contributed by atoms with Gasteiger partial charge in [0.25, 0.3) is 0 Å². The second kappa shape index (κ2) is 3.35. The SMILES string of the molecule is CC1CC(O)(Cc2cccc(F)c2)C1. The van der Waals surface area contributed by atoms with Crippen LogP contribution in [0, 0.1) is 11.7 Å². The minimum absolute atomic E-state index is 0.224. The highest BCUT2D eigenvalue weighted by molar-refractivity contribution is 5.19. The first-order chi connectivity index (χ1) is 6.57. The van der Waals surface area contributed by atoms with Crippen molar-refractivity contribution in [2.45, 2.75) is 31.8 Å². The van der Waals surface area contributed by atoms with Crippen molar-refractivity contribution in [1.29, 1.82) is 0 Å². The van der Waals surface area contributed by atoms with Crippen LogP contribution in [0.3, 0.4) is 0 Å². The maximum Gasteiger partial charge on any atom is 0.123 e. The molecular formula is C12H15FO. The summed E-state index contributed by atoms with van der Waals surface area (Å²) in [7, 11) is 0. The molecule has 1 aliphatic rings. The lowest BCUT2D eigenvalue weighted by Gasteiger charge is -2.42. The second-order valence-corrected chi connectivity index (χ2v) is 4.54. The van der Waals surface area contributed by atoms with Crippen molar-refractivity contribution in [3.05, 3.63) is 35.6 Å². The minimum atomic E-state index is -0.576. The molecule has 0 saturated heterocycles. The molecular weight excluding hydrogens is 179 g/mol. The monoisotopic (exact) mass is 194 g/mol. The Balaban J connectivity index is 2.04. The lowest BCUT2D eigenvalue weighted by Crippen LogP contribution is -2.44. The van der Waals surface area contributed by atoms with Crippen LogP contribution in [0.2, 0.25) is 0 Å². The standard InChI is InChI=1S/C12H15FO/c1-9-6-12(14,7-9)8-10-3-2-4-11(13)5-10/h2-5,9,14H,6-8H2,1H3. The topological polar surface area (TPSA) is 20.2 Å². The molecule has 0 bridgehead atoms. The summed E-state index contributed by atoms with van der Waals surface area (Å²) >= 11 is 0. The molecule has 1 fully saturated rings. The van der Waals surface area contributed by atoms with Gasteiger partial charge in [-0.05, 0) is 36.5 Å². The average molecular weight is 194 g/mol. The molecule has 14 heavy (non-hydrogen) atoms. The minimum Gasteiger partial charge on any atom is -0.390 e. The van der Waals surface area contributed by atoms with Crippen LogP contribution in [0.5, 0.6) is 0 Å². The summed E-state index contributed by atoms with van der Waals surface area (Å²) in [5.41, 5.74) is 0.312. The van der Waals surface area contributed by atoms with Crippen LogP contribution in [0.4, 0.5) is 4.39 Å². The molecule has 1 aromatic carbocycles. The van der Waals surface area contributed by atoms with Gasteiger partial charge in [0.1, 0.15) is 5.82 Å². The molecule has 1 saturated carbocycles. The molecule has 0 unspecified atom stereocenters. The zero-order chi connectivity index (χ0) is 10.2. The second-order valence-electron chi connectivity index (χ2n) is 4.54. The first-order valence-corrected chi connectivity index (χ1v) is 5.04. The Morgan fingerprint density at radius 2 is 2.21 bits per heavy atom. The molecule has 1 N–H and O–H groups in total. The van der Waals surface area contributed by atoms with Crippen molar-refractivity contribution in [3.8, 4) is 0 Å².